The predicted octanol–water partition coefficient (Wildman–Crippen LogP) is 2.08. The van der Waals surface area contributed by atoms with E-state index < -0.39 is 18.1 Å². The van der Waals surface area contributed by atoms with Crippen LogP contribution < -0.4 is 14.8 Å². The summed E-state index contributed by atoms with van der Waals surface area (Å²) in [5.74, 6) is -0.297. The third-order valence-corrected chi connectivity index (χ3v) is 3.67. The largest absolute Gasteiger partial charge is 0.481 e. The fourth-order valence-corrected chi connectivity index (χ4v) is 2.21. The van der Waals surface area contributed by atoms with E-state index in [4.69, 9.17) is 9.47 Å². The Bertz CT molecular complexity index is 864. The summed E-state index contributed by atoms with van der Waals surface area (Å²) in [5, 5.41) is 2.40. The summed E-state index contributed by atoms with van der Waals surface area (Å²) in [6.45, 7) is -0.124. The average molecular weight is 404 g/mol. The number of carbonyl (C=O) groups excluding carboxylic acids is 3. The van der Waals surface area contributed by atoms with Gasteiger partial charge in [-0.2, -0.15) is 9.97 Å². The molecule has 0 saturated heterocycles. The van der Waals surface area contributed by atoms with E-state index in [-0.39, 0.29) is 24.3 Å². The van der Waals surface area contributed by atoms with Crippen LogP contribution in [0.25, 0.3) is 0 Å². The summed E-state index contributed by atoms with van der Waals surface area (Å²) >= 11 is 0. The van der Waals surface area contributed by atoms with E-state index in [0.29, 0.717) is 11.1 Å². The molecular weight excluding hydrogens is 384 g/mol. The zero-order chi connectivity index (χ0) is 21.4. The van der Waals surface area contributed by atoms with Gasteiger partial charge in [0.1, 0.15) is 0 Å². The third kappa shape index (κ3) is 5.54. The molecule has 11 nitrogen and oxygen atoms in total. The van der Waals surface area contributed by atoms with Crippen LogP contribution in [0.15, 0.2) is 30.3 Å². The molecule has 0 bridgehead atoms. The van der Waals surface area contributed by atoms with Gasteiger partial charge in [0.2, 0.25) is 17.7 Å². The Morgan fingerprint density at radius 2 is 1.52 bits per heavy atom. The molecule has 0 atom stereocenters. The van der Waals surface area contributed by atoms with Crippen LogP contribution in [0.2, 0.25) is 0 Å². The maximum Gasteiger partial charge on any atom is 0.418 e. The molecular formula is C18H20N4O7. The lowest BCUT2D eigenvalue weighted by molar-refractivity contribution is 0.0600. The quantitative estimate of drug-likeness (QED) is 0.719. The van der Waals surface area contributed by atoms with E-state index >= 15 is 0 Å². The van der Waals surface area contributed by atoms with Crippen LogP contribution in [-0.4, -0.2) is 61.4 Å². The van der Waals surface area contributed by atoms with Crippen molar-refractivity contribution in [3.8, 4) is 11.8 Å². The van der Waals surface area contributed by atoms with Gasteiger partial charge in [-0.15, -0.1) is 0 Å². The number of rotatable bonds is 6. The second-order valence-corrected chi connectivity index (χ2v) is 5.45. The van der Waals surface area contributed by atoms with Gasteiger partial charge in [-0.25, -0.2) is 19.3 Å². The molecule has 0 aliphatic carbocycles. The standard InChI is InChI=1S/C18H20N4O7/c1-26-13-9-14(27-2)20-16(19-13)21-17(24)22(18(25)29-4)10-11-5-7-12(8-6-11)15(23)28-3/h5-9H,10H2,1-4H3,(H,19,20,21,24). The van der Waals surface area contributed by atoms with Crippen LogP contribution >= 0.6 is 0 Å². The Labute approximate surface area is 166 Å². The molecule has 154 valence electrons. The number of nitrogens with one attached hydrogen (secondary N) is 1. The summed E-state index contributed by atoms with van der Waals surface area (Å²) in [6, 6.07) is 6.80. The second-order valence-electron chi connectivity index (χ2n) is 5.45. The molecule has 2 rings (SSSR count). The zero-order valence-corrected chi connectivity index (χ0v) is 16.3. The van der Waals surface area contributed by atoms with Crippen molar-refractivity contribution < 1.29 is 33.3 Å². The molecule has 0 aliphatic heterocycles. The first kappa shape index (κ1) is 21.4. The van der Waals surface area contributed by atoms with Crippen molar-refractivity contribution >= 4 is 24.0 Å². The molecule has 0 aliphatic rings. The van der Waals surface area contributed by atoms with E-state index in [1.807, 2.05) is 0 Å². The minimum Gasteiger partial charge on any atom is -0.481 e. The summed E-state index contributed by atoms with van der Waals surface area (Å²) in [6.07, 6.45) is -0.894. The molecule has 0 radical (unpaired) electrons. The van der Waals surface area contributed by atoms with Crippen molar-refractivity contribution in [2.24, 2.45) is 0 Å². The highest BCUT2D eigenvalue weighted by Gasteiger charge is 2.24. The van der Waals surface area contributed by atoms with Crippen LogP contribution in [-0.2, 0) is 16.0 Å². The Morgan fingerprint density at radius 1 is 0.931 bits per heavy atom. The first-order valence-electron chi connectivity index (χ1n) is 8.22. The molecule has 0 saturated carbocycles. The number of benzene rings is 1. The van der Waals surface area contributed by atoms with Gasteiger partial charge >= 0.3 is 18.1 Å². The highest BCUT2D eigenvalue weighted by molar-refractivity contribution is 5.98. The van der Waals surface area contributed by atoms with Crippen LogP contribution in [0.3, 0.4) is 0 Å². The average Bonchev–Trinajstić information content (AvgIpc) is 2.76. The monoisotopic (exact) mass is 404 g/mol. The third-order valence-electron chi connectivity index (χ3n) is 3.67. The normalized spacial score (nSPS) is 9.93. The summed E-state index contributed by atoms with van der Waals surface area (Å²) in [5.41, 5.74) is 0.907. The lowest BCUT2D eigenvalue weighted by atomic mass is 10.1. The molecule has 0 fully saturated rings. The lowest BCUT2D eigenvalue weighted by Gasteiger charge is -2.19. The maximum absolute atomic E-state index is 12.6. The fraction of sp³-hybridized carbons (Fsp3) is 0.278. The highest BCUT2D eigenvalue weighted by atomic mass is 16.5. The maximum atomic E-state index is 12.6. The number of anilines is 1. The van der Waals surface area contributed by atoms with Crippen LogP contribution in [0.1, 0.15) is 15.9 Å². The van der Waals surface area contributed by atoms with Gasteiger partial charge in [-0.1, -0.05) is 12.1 Å². The molecule has 0 spiro atoms. The minimum absolute atomic E-state index is 0.124. The highest BCUT2D eigenvalue weighted by Crippen LogP contribution is 2.18. The Balaban J connectivity index is 2.20. The number of methoxy groups -OCH3 is 4. The topological polar surface area (TPSA) is 129 Å². The second kappa shape index (κ2) is 9.88. The number of carbonyl (C=O) groups is 3. The fourth-order valence-electron chi connectivity index (χ4n) is 2.21. The number of aromatic nitrogens is 2. The summed E-state index contributed by atoms with van der Waals surface area (Å²) in [7, 11) is 5.21. The number of hydrogen-bond donors (Lipinski definition) is 1. The lowest BCUT2D eigenvalue weighted by Crippen LogP contribution is -2.39. The first-order chi connectivity index (χ1) is 13.9. The van der Waals surface area contributed by atoms with Crippen LogP contribution in [0, 0.1) is 0 Å². The molecule has 1 aromatic heterocycles. The van der Waals surface area contributed by atoms with Crippen molar-refractivity contribution in [2.45, 2.75) is 6.54 Å². The Kier molecular flexibility index (Phi) is 7.29. The summed E-state index contributed by atoms with van der Waals surface area (Å²) in [4.78, 5) is 45.0. The molecule has 29 heavy (non-hydrogen) atoms. The van der Waals surface area contributed by atoms with Crippen molar-refractivity contribution in [1.29, 1.82) is 0 Å². The van der Waals surface area contributed by atoms with Gasteiger partial charge in [0, 0.05) is 0 Å². The van der Waals surface area contributed by atoms with Crippen molar-refractivity contribution in [2.75, 3.05) is 33.8 Å². The predicted molar refractivity (Wildman–Crippen MR) is 99.9 cm³/mol. The molecule has 1 heterocycles. The van der Waals surface area contributed by atoms with Crippen molar-refractivity contribution in [3.63, 3.8) is 0 Å². The van der Waals surface area contributed by atoms with E-state index in [0.717, 1.165) is 12.0 Å². The van der Waals surface area contributed by atoms with Crippen molar-refractivity contribution in [1.82, 2.24) is 14.9 Å². The van der Waals surface area contributed by atoms with E-state index in [1.54, 1.807) is 12.1 Å². The Hall–Kier alpha value is -3.89. The van der Waals surface area contributed by atoms with Gasteiger partial charge in [0.05, 0.1) is 46.6 Å². The zero-order valence-electron chi connectivity index (χ0n) is 16.3. The SMILES string of the molecule is COC(=O)c1ccc(CN(C(=O)Nc2nc(OC)cc(OC)n2)C(=O)OC)cc1. The van der Waals surface area contributed by atoms with Crippen molar-refractivity contribution in [3.05, 3.63) is 41.5 Å². The molecule has 1 aromatic carbocycles. The Morgan fingerprint density at radius 3 is 2.00 bits per heavy atom. The number of amides is 3. The number of esters is 1. The number of nitrogens with zero attached hydrogens (tertiary/aromatic N) is 3. The molecule has 2 aromatic rings. The minimum atomic E-state index is -0.894. The number of hydrogen-bond acceptors (Lipinski definition) is 9. The van der Waals surface area contributed by atoms with Gasteiger partial charge < -0.3 is 18.9 Å². The molecule has 0 unspecified atom stereocenters. The number of imide groups is 1. The molecule has 11 heteroatoms. The molecule has 3 amide bonds. The van der Waals surface area contributed by atoms with Gasteiger partial charge in [0.25, 0.3) is 0 Å². The molecule has 1 N–H and O–H groups in total. The summed E-state index contributed by atoms with van der Waals surface area (Å²) < 4.78 is 19.3. The van der Waals surface area contributed by atoms with Crippen LogP contribution in [0.4, 0.5) is 15.5 Å². The van der Waals surface area contributed by atoms with Gasteiger partial charge in [-0.3, -0.25) is 5.32 Å². The van der Waals surface area contributed by atoms with Gasteiger partial charge in [0.15, 0.2) is 0 Å². The van der Waals surface area contributed by atoms with E-state index in [9.17, 15) is 14.4 Å². The smallest absolute Gasteiger partial charge is 0.418 e. The van der Waals surface area contributed by atoms with Crippen LogP contribution in [0.5, 0.6) is 11.8 Å². The van der Waals surface area contributed by atoms with E-state index in [1.165, 1.54) is 39.5 Å². The van der Waals surface area contributed by atoms with E-state index in [2.05, 4.69) is 24.8 Å². The number of ether oxygens (including phenoxy) is 4. The number of urea groups is 1. The first-order valence-corrected chi connectivity index (χ1v) is 8.22. The van der Waals surface area contributed by atoms with Gasteiger partial charge in [-0.05, 0) is 17.7 Å².